The highest BCUT2D eigenvalue weighted by molar-refractivity contribution is 5.63. The van der Waals surface area contributed by atoms with E-state index in [1.54, 1.807) is 19.2 Å². The average Bonchev–Trinajstić information content (AvgIpc) is 2.66. The van der Waals surface area contributed by atoms with Gasteiger partial charge in [0.05, 0.1) is 6.61 Å². The van der Waals surface area contributed by atoms with E-state index in [-0.39, 0.29) is 11.8 Å². The number of aromatic nitrogens is 2. The molecule has 1 aromatic heterocycles. The van der Waals surface area contributed by atoms with Gasteiger partial charge in [-0.05, 0) is 30.5 Å². The molecule has 0 saturated carbocycles. The monoisotopic (exact) mass is 381 g/mol. The number of ether oxygens (including phenoxy) is 1. The van der Waals surface area contributed by atoms with E-state index in [1.165, 1.54) is 4.90 Å². The lowest BCUT2D eigenvalue weighted by Gasteiger charge is -2.22. The Hall–Kier alpha value is -2.31. The number of rotatable bonds is 9. The number of benzene rings is 1. The van der Waals surface area contributed by atoms with Crippen molar-refractivity contribution in [3.8, 4) is 6.01 Å². The van der Waals surface area contributed by atoms with Crippen molar-refractivity contribution in [2.24, 2.45) is 0 Å². The minimum Gasteiger partial charge on any atom is -0.463 e. The predicted octanol–water partition coefficient (Wildman–Crippen LogP) is 5.78. The van der Waals surface area contributed by atoms with Crippen molar-refractivity contribution >= 4 is 11.5 Å². The van der Waals surface area contributed by atoms with Crippen molar-refractivity contribution in [1.29, 1.82) is 0 Å². The van der Waals surface area contributed by atoms with Gasteiger partial charge in [0.2, 0.25) is 0 Å². The Balaban J connectivity index is 2.25. The molecule has 0 unspecified atom stereocenters. The van der Waals surface area contributed by atoms with E-state index in [0.717, 1.165) is 43.9 Å². The molecule has 2 aromatic rings. The molecule has 1 heterocycles. The fourth-order valence-corrected chi connectivity index (χ4v) is 2.65. The van der Waals surface area contributed by atoms with Crippen molar-refractivity contribution in [3.05, 3.63) is 41.6 Å². The second kappa shape index (κ2) is 9.58. The van der Waals surface area contributed by atoms with Gasteiger partial charge in [-0.25, -0.2) is 4.98 Å². The Morgan fingerprint density at radius 2 is 1.74 bits per heavy atom. The third-order valence-corrected chi connectivity index (χ3v) is 4.33. The van der Waals surface area contributed by atoms with E-state index in [4.69, 9.17) is 4.74 Å². The maximum Gasteiger partial charge on any atom is 0.421 e. The summed E-state index contributed by atoms with van der Waals surface area (Å²) in [6, 6.07) is 7.32. The number of hydrogen-bond donors (Lipinski definition) is 0. The largest absolute Gasteiger partial charge is 0.463 e. The SMILES string of the molecule is CCCCCCOc1ncc(C(F)(F)F)c(N(C)c2ccc(CC)cc2)n1. The summed E-state index contributed by atoms with van der Waals surface area (Å²) in [5, 5.41) is 0. The van der Waals surface area contributed by atoms with Gasteiger partial charge in [0.25, 0.3) is 0 Å². The van der Waals surface area contributed by atoms with Crippen LogP contribution in [0.25, 0.3) is 0 Å². The number of nitrogens with zero attached hydrogens (tertiary/aromatic N) is 3. The lowest BCUT2D eigenvalue weighted by molar-refractivity contribution is -0.137. The maximum atomic E-state index is 13.4. The average molecular weight is 381 g/mol. The minimum absolute atomic E-state index is 0.0356. The first kappa shape index (κ1) is 21.0. The van der Waals surface area contributed by atoms with Crippen LogP contribution in [0.15, 0.2) is 30.5 Å². The molecule has 0 spiro atoms. The Morgan fingerprint density at radius 1 is 1.04 bits per heavy atom. The van der Waals surface area contributed by atoms with Crippen LogP contribution in [0.4, 0.5) is 24.7 Å². The molecule has 0 amide bonds. The van der Waals surface area contributed by atoms with Gasteiger partial charge in [0, 0.05) is 18.9 Å². The normalized spacial score (nSPS) is 11.5. The Labute approximate surface area is 158 Å². The summed E-state index contributed by atoms with van der Waals surface area (Å²) in [4.78, 5) is 9.21. The van der Waals surface area contributed by atoms with Crippen molar-refractivity contribution in [2.45, 2.75) is 52.1 Å². The number of hydrogen-bond acceptors (Lipinski definition) is 4. The van der Waals surface area contributed by atoms with Gasteiger partial charge in [-0.3, -0.25) is 0 Å². The van der Waals surface area contributed by atoms with Gasteiger partial charge in [0.1, 0.15) is 5.56 Å². The summed E-state index contributed by atoms with van der Waals surface area (Å²) < 4.78 is 45.7. The molecular formula is C20H26F3N3O. The third-order valence-electron chi connectivity index (χ3n) is 4.33. The lowest BCUT2D eigenvalue weighted by Crippen LogP contribution is -2.19. The summed E-state index contributed by atoms with van der Waals surface area (Å²) >= 11 is 0. The van der Waals surface area contributed by atoms with Crippen LogP contribution in [0.5, 0.6) is 6.01 Å². The Bertz CT molecular complexity index is 717. The highest BCUT2D eigenvalue weighted by atomic mass is 19.4. The second-order valence-corrected chi connectivity index (χ2v) is 6.38. The summed E-state index contributed by atoms with van der Waals surface area (Å²) in [7, 11) is 1.56. The van der Waals surface area contributed by atoms with Crippen LogP contribution in [-0.2, 0) is 12.6 Å². The Kier molecular flexibility index (Phi) is 7.45. The van der Waals surface area contributed by atoms with Crippen LogP contribution in [0, 0.1) is 0 Å². The lowest BCUT2D eigenvalue weighted by atomic mass is 10.1. The molecule has 0 aliphatic carbocycles. The fourth-order valence-electron chi connectivity index (χ4n) is 2.65. The molecule has 0 radical (unpaired) electrons. The van der Waals surface area contributed by atoms with Crippen molar-refractivity contribution in [2.75, 3.05) is 18.6 Å². The number of halogens is 3. The summed E-state index contributed by atoms with van der Waals surface area (Å²) in [5.74, 6) is -0.217. The molecule has 0 atom stereocenters. The minimum atomic E-state index is -4.55. The molecule has 2 rings (SSSR count). The van der Waals surface area contributed by atoms with E-state index in [1.807, 2.05) is 19.1 Å². The number of alkyl halides is 3. The highest BCUT2D eigenvalue weighted by Crippen LogP contribution is 2.37. The zero-order valence-corrected chi connectivity index (χ0v) is 16.0. The van der Waals surface area contributed by atoms with E-state index < -0.39 is 11.7 Å². The predicted molar refractivity (Wildman–Crippen MR) is 101 cm³/mol. The topological polar surface area (TPSA) is 38.2 Å². The van der Waals surface area contributed by atoms with E-state index >= 15 is 0 Å². The highest BCUT2D eigenvalue weighted by Gasteiger charge is 2.36. The molecule has 27 heavy (non-hydrogen) atoms. The first-order valence-corrected chi connectivity index (χ1v) is 9.26. The number of anilines is 2. The smallest absolute Gasteiger partial charge is 0.421 e. The fraction of sp³-hybridized carbons (Fsp3) is 0.500. The molecular weight excluding hydrogens is 355 g/mol. The van der Waals surface area contributed by atoms with Gasteiger partial charge in [0.15, 0.2) is 5.82 Å². The summed E-state index contributed by atoms with van der Waals surface area (Å²) in [6.07, 6.45) is 1.13. The van der Waals surface area contributed by atoms with Crippen molar-refractivity contribution in [3.63, 3.8) is 0 Å². The summed E-state index contributed by atoms with van der Waals surface area (Å²) in [5.41, 5.74) is 0.843. The molecule has 0 N–H and O–H groups in total. The zero-order valence-electron chi connectivity index (χ0n) is 16.0. The first-order valence-electron chi connectivity index (χ1n) is 9.26. The van der Waals surface area contributed by atoms with Crippen molar-refractivity contribution in [1.82, 2.24) is 9.97 Å². The van der Waals surface area contributed by atoms with Crippen LogP contribution >= 0.6 is 0 Å². The number of aryl methyl sites for hydroxylation is 1. The van der Waals surface area contributed by atoms with Gasteiger partial charge in [-0.2, -0.15) is 18.2 Å². The van der Waals surface area contributed by atoms with Crippen LogP contribution in [0.3, 0.4) is 0 Å². The summed E-state index contributed by atoms with van der Waals surface area (Å²) in [6.45, 7) is 4.52. The van der Waals surface area contributed by atoms with E-state index in [0.29, 0.717) is 12.3 Å². The van der Waals surface area contributed by atoms with Gasteiger partial charge in [-0.15, -0.1) is 0 Å². The van der Waals surface area contributed by atoms with Crippen molar-refractivity contribution < 1.29 is 17.9 Å². The van der Waals surface area contributed by atoms with Crippen LogP contribution < -0.4 is 9.64 Å². The number of unbranched alkanes of at least 4 members (excludes halogenated alkanes) is 3. The molecule has 148 valence electrons. The molecule has 4 nitrogen and oxygen atoms in total. The van der Waals surface area contributed by atoms with E-state index in [2.05, 4.69) is 16.9 Å². The molecule has 0 fully saturated rings. The first-order chi connectivity index (χ1) is 12.9. The molecule has 0 bridgehead atoms. The quantitative estimate of drug-likeness (QED) is 0.516. The third kappa shape index (κ3) is 5.84. The van der Waals surface area contributed by atoms with Crippen LogP contribution in [0.1, 0.15) is 50.7 Å². The molecule has 0 aliphatic heterocycles. The zero-order chi connectivity index (χ0) is 19.9. The molecule has 0 saturated heterocycles. The van der Waals surface area contributed by atoms with Gasteiger partial charge < -0.3 is 9.64 Å². The molecule has 0 aliphatic rings. The van der Waals surface area contributed by atoms with Crippen LogP contribution in [-0.4, -0.2) is 23.6 Å². The second-order valence-electron chi connectivity index (χ2n) is 6.38. The Morgan fingerprint density at radius 3 is 2.33 bits per heavy atom. The molecule has 7 heteroatoms. The maximum absolute atomic E-state index is 13.4. The van der Waals surface area contributed by atoms with Crippen LogP contribution in [0.2, 0.25) is 0 Å². The van der Waals surface area contributed by atoms with Gasteiger partial charge in [-0.1, -0.05) is 45.2 Å². The van der Waals surface area contributed by atoms with E-state index in [9.17, 15) is 13.2 Å². The molecule has 1 aromatic carbocycles. The van der Waals surface area contributed by atoms with Gasteiger partial charge >= 0.3 is 12.2 Å². The standard InChI is InChI=1S/C20H26F3N3O/c1-4-6-7-8-13-27-19-24-14-17(20(21,22)23)18(25-19)26(3)16-11-9-15(5-2)10-12-16/h9-12,14H,4-8,13H2,1-3H3.